The molecular weight excluding hydrogens is 342 g/mol. The quantitative estimate of drug-likeness (QED) is 0.796. The van der Waals surface area contributed by atoms with E-state index in [1.165, 1.54) is 0 Å². The maximum absolute atomic E-state index is 12.8. The fraction of sp³-hybridized carbons (Fsp3) is 0.429. The van der Waals surface area contributed by atoms with Crippen LogP contribution in [0.2, 0.25) is 0 Å². The maximum atomic E-state index is 12.8. The summed E-state index contributed by atoms with van der Waals surface area (Å²) in [7, 11) is 0. The van der Waals surface area contributed by atoms with Crippen LogP contribution >= 0.6 is 0 Å². The molecule has 0 radical (unpaired) electrons. The van der Waals surface area contributed by atoms with Gasteiger partial charge in [-0.2, -0.15) is 0 Å². The highest BCUT2D eigenvalue weighted by atomic mass is 16.5. The molecule has 0 saturated carbocycles. The van der Waals surface area contributed by atoms with Crippen LogP contribution in [-0.4, -0.2) is 59.4 Å². The van der Waals surface area contributed by atoms with E-state index in [1.807, 2.05) is 34.1 Å². The number of rotatable bonds is 6. The number of nitrogens with zero attached hydrogens (tertiary/aromatic N) is 2. The summed E-state index contributed by atoms with van der Waals surface area (Å²) in [6, 6.07) is 9.11. The fourth-order valence-electron chi connectivity index (χ4n) is 3.17. The number of unbranched alkanes of at least 4 members (excludes halogenated alkanes) is 1. The summed E-state index contributed by atoms with van der Waals surface area (Å²) in [5.74, 6) is 0.810. The van der Waals surface area contributed by atoms with E-state index in [4.69, 9.17) is 4.74 Å². The molecule has 0 atom stereocenters. The number of H-pyrrole nitrogens is 1. The van der Waals surface area contributed by atoms with E-state index in [9.17, 15) is 9.59 Å². The van der Waals surface area contributed by atoms with Gasteiger partial charge in [0.05, 0.1) is 12.2 Å². The Labute approximate surface area is 160 Å². The second-order valence-corrected chi connectivity index (χ2v) is 6.76. The van der Waals surface area contributed by atoms with E-state index < -0.39 is 0 Å². The Balaban J connectivity index is 1.56. The average Bonchev–Trinajstić information content (AvgIpc) is 3.12. The molecule has 6 heteroatoms. The minimum absolute atomic E-state index is 0.00560. The summed E-state index contributed by atoms with van der Waals surface area (Å²) in [6.07, 6.45) is 6.35. The number of hydrogen-bond donors (Lipinski definition) is 1. The zero-order valence-corrected chi connectivity index (χ0v) is 15.8. The summed E-state index contributed by atoms with van der Waals surface area (Å²) < 4.78 is 5.65. The normalized spacial score (nSPS) is 14.7. The van der Waals surface area contributed by atoms with E-state index in [1.54, 1.807) is 18.5 Å². The van der Waals surface area contributed by atoms with Crippen LogP contribution in [0.1, 0.15) is 46.9 Å². The lowest BCUT2D eigenvalue weighted by atomic mass is 10.2. The van der Waals surface area contributed by atoms with E-state index in [0.29, 0.717) is 43.9 Å². The topological polar surface area (TPSA) is 65.6 Å². The van der Waals surface area contributed by atoms with Crippen molar-refractivity contribution in [2.45, 2.75) is 26.2 Å². The van der Waals surface area contributed by atoms with E-state index in [2.05, 4.69) is 11.9 Å². The SMILES string of the molecule is CCCCOc1ccc(C(=O)N2CCCN(C(=O)c3cc[nH]c3)CC2)cc1. The smallest absolute Gasteiger partial charge is 0.255 e. The average molecular weight is 369 g/mol. The van der Waals surface area contributed by atoms with Gasteiger partial charge in [0.15, 0.2) is 0 Å². The van der Waals surface area contributed by atoms with Crippen LogP contribution in [0.4, 0.5) is 0 Å². The Bertz CT molecular complexity index is 741. The number of hydrogen-bond acceptors (Lipinski definition) is 3. The van der Waals surface area contributed by atoms with Crippen molar-refractivity contribution in [3.05, 3.63) is 53.9 Å². The number of benzene rings is 1. The largest absolute Gasteiger partial charge is 0.494 e. The molecule has 1 aromatic heterocycles. The van der Waals surface area contributed by atoms with Crippen LogP contribution in [0, 0.1) is 0 Å². The molecule has 1 aliphatic heterocycles. The number of aromatic nitrogens is 1. The van der Waals surface area contributed by atoms with Crippen LogP contribution in [0.15, 0.2) is 42.7 Å². The van der Waals surface area contributed by atoms with Crippen LogP contribution in [0.25, 0.3) is 0 Å². The van der Waals surface area contributed by atoms with Gasteiger partial charge >= 0.3 is 0 Å². The van der Waals surface area contributed by atoms with Gasteiger partial charge in [-0.05, 0) is 43.2 Å². The van der Waals surface area contributed by atoms with Gasteiger partial charge in [-0.1, -0.05) is 13.3 Å². The lowest BCUT2D eigenvalue weighted by molar-refractivity contribution is 0.0719. The molecule has 2 amide bonds. The third kappa shape index (κ3) is 4.90. The molecule has 1 saturated heterocycles. The Hall–Kier alpha value is -2.76. The van der Waals surface area contributed by atoms with Gasteiger partial charge < -0.3 is 19.5 Å². The molecule has 0 aliphatic carbocycles. The molecule has 1 fully saturated rings. The second-order valence-electron chi connectivity index (χ2n) is 6.76. The summed E-state index contributed by atoms with van der Waals surface area (Å²) in [5.41, 5.74) is 1.32. The first-order chi connectivity index (χ1) is 13.2. The van der Waals surface area contributed by atoms with E-state index >= 15 is 0 Å². The molecule has 3 rings (SSSR count). The maximum Gasteiger partial charge on any atom is 0.255 e. The predicted molar refractivity (Wildman–Crippen MR) is 104 cm³/mol. The summed E-state index contributed by atoms with van der Waals surface area (Å²) >= 11 is 0. The van der Waals surface area contributed by atoms with Gasteiger partial charge in [0.25, 0.3) is 11.8 Å². The molecule has 144 valence electrons. The van der Waals surface area contributed by atoms with Crippen molar-refractivity contribution >= 4 is 11.8 Å². The standard InChI is InChI=1S/C21H27N3O3/c1-2-3-15-27-19-7-5-17(6-8-19)20(25)23-11-4-12-24(14-13-23)21(26)18-9-10-22-16-18/h5-10,16,22H,2-4,11-15H2,1H3. The third-order valence-corrected chi connectivity index (χ3v) is 4.78. The van der Waals surface area contributed by atoms with Gasteiger partial charge in [0.2, 0.25) is 0 Å². The highest BCUT2D eigenvalue weighted by molar-refractivity contribution is 5.95. The third-order valence-electron chi connectivity index (χ3n) is 4.78. The number of ether oxygens (including phenoxy) is 1. The van der Waals surface area contributed by atoms with Gasteiger partial charge in [-0.15, -0.1) is 0 Å². The zero-order valence-electron chi connectivity index (χ0n) is 15.8. The van der Waals surface area contributed by atoms with Gasteiger partial charge in [0.1, 0.15) is 5.75 Å². The predicted octanol–water partition coefficient (Wildman–Crippen LogP) is 3.18. The first-order valence-corrected chi connectivity index (χ1v) is 9.63. The van der Waals surface area contributed by atoms with Crippen molar-refractivity contribution in [1.82, 2.24) is 14.8 Å². The van der Waals surface area contributed by atoms with Gasteiger partial charge in [-0.25, -0.2) is 0 Å². The number of amides is 2. The van der Waals surface area contributed by atoms with Crippen molar-refractivity contribution < 1.29 is 14.3 Å². The van der Waals surface area contributed by atoms with Gasteiger partial charge in [0, 0.05) is 44.1 Å². The summed E-state index contributed by atoms with van der Waals surface area (Å²) in [6.45, 7) is 5.24. The van der Waals surface area contributed by atoms with Crippen molar-refractivity contribution in [1.29, 1.82) is 0 Å². The van der Waals surface area contributed by atoms with Gasteiger partial charge in [-0.3, -0.25) is 9.59 Å². The molecule has 1 aliphatic rings. The number of nitrogens with one attached hydrogen (secondary N) is 1. The van der Waals surface area contributed by atoms with Crippen molar-refractivity contribution in [3.8, 4) is 5.75 Å². The molecular formula is C21H27N3O3. The molecule has 0 spiro atoms. The Kier molecular flexibility index (Phi) is 6.52. The van der Waals surface area contributed by atoms with Crippen molar-refractivity contribution in [2.75, 3.05) is 32.8 Å². The monoisotopic (exact) mass is 369 g/mol. The van der Waals surface area contributed by atoms with E-state index in [-0.39, 0.29) is 11.8 Å². The highest BCUT2D eigenvalue weighted by Gasteiger charge is 2.23. The fourth-order valence-corrected chi connectivity index (χ4v) is 3.17. The number of carbonyl (C=O) groups is 2. The second kappa shape index (κ2) is 9.26. The number of carbonyl (C=O) groups excluding carboxylic acids is 2. The van der Waals surface area contributed by atoms with Crippen LogP contribution in [-0.2, 0) is 0 Å². The summed E-state index contributed by atoms with van der Waals surface area (Å²) in [4.78, 5) is 31.9. The molecule has 1 aromatic carbocycles. The van der Waals surface area contributed by atoms with Crippen molar-refractivity contribution in [3.63, 3.8) is 0 Å². The first-order valence-electron chi connectivity index (χ1n) is 9.63. The Morgan fingerprint density at radius 2 is 1.63 bits per heavy atom. The molecule has 0 bridgehead atoms. The zero-order chi connectivity index (χ0) is 19.1. The lowest BCUT2D eigenvalue weighted by Crippen LogP contribution is -2.37. The molecule has 6 nitrogen and oxygen atoms in total. The molecule has 1 N–H and O–H groups in total. The van der Waals surface area contributed by atoms with Crippen LogP contribution in [0.3, 0.4) is 0 Å². The molecule has 0 unspecified atom stereocenters. The molecule has 27 heavy (non-hydrogen) atoms. The number of aromatic amines is 1. The highest BCUT2D eigenvalue weighted by Crippen LogP contribution is 2.16. The summed E-state index contributed by atoms with van der Waals surface area (Å²) in [5, 5.41) is 0. The molecule has 2 aromatic rings. The van der Waals surface area contributed by atoms with Crippen molar-refractivity contribution in [2.24, 2.45) is 0 Å². The lowest BCUT2D eigenvalue weighted by Gasteiger charge is -2.22. The van der Waals surface area contributed by atoms with Crippen LogP contribution in [0.5, 0.6) is 5.75 Å². The Morgan fingerprint density at radius 1 is 0.963 bits per heavy atom. The van der Waals surface area contributed by atoms with E-state index in [0.717, 1.165) is 25.0 Å². The first kappa shape index (κ1) is 19.0. The van der Waals surface area contributed by atoms with Crippen LogP contribution < -0.4 is 4.74 Å². The Morgan fingerprint density at radius 3 is 2.22 bits per heavy atom. The molecule has 2 heterocycles. The minimum atomic E-state index is 0.00560. The minimum Gasteiger partial charge on any atom is -0.494 e.